The molecule has 1 atom stereocenters. The van der Waals surface area contributed by atoms with Crippen LogP contribution in [-0.2, 0) is 0 Å². The molecule has 0 radical (unpaired) electrons. The summed E-state index contributed by atoms with van der Waals surface area (Å²) in [5, 5.41) is 4.14. The van der Waals surface area contributed by atoms with Gasteiger partial charge in [0.2, 0.25) is 0 Å². The highest BCUT2D eigenvalue weighted by atomic mass is 32.2. The lowest BCUT2D eigenvalue weighted by Gasteiger charge is -2.25. The molecule has 2 aromatic heterocycles. The van der Waals surface area contributed by atoms with E-state index in [9.17, 15) is 4.79 Å². The van der Waals surface area contributed by atoms with Crippen LogP contribution in [0.1, 0.15) is 38.6 Å². The minimum absolute atomic E-state index is 0.0785. The van der Waals surface area contributed by atoms with Gasteiger partial charge in [0, 0.05) is 6.20 Å². The third-order valence-corrected chi connectivity index (χ3v) is 6.57. The number of nitrogens with zero attached hydrogens (tertiary/aromatic N) is 3. The number of aromatic nitrogens is 3. The van der Waals surface area contributed by atoms with E-state index in [1.165, 1.54) is 24.3 Å². The quantitative estimate of drug-likeness (QED) is 0.619. The van der Waals surface area contributed by atoms with Gasteiger partial charge >= 0.3 is 0 Å². The van der Waals surface area contributed by atoms with Gasteiger partial charge in [-0.2, -0.15) is 11.8 Å². The third-order valence-electron chi connectivity index (χ3n) is 5.52. The second-order valence-electron chi connectivity index (χ2n) is 7.60. The summed E-state index contributed by atoms with van der Waals surface area (Å²) in [5.74, 6) is 4.61. The van der Waals surface area contributed by atoms with Gasteiger partial charge in [0.05, 0.1) is 23.7 Å². The van der Waals surface area contributed by atoms with Gasteiger partial charge in [0.15, 0.2) is 5.65 Å². The van der Waals surface area contributed by atoms with Crippen LogP contribution >= 0.6 is 11.8 Å². The third kappa shape index (κ3) is 4.52. The molecule has 1 fully saturated rings. The minimum Gasteiger partial charge on any atom is -0.494 e. The molecule has 3 aromatic rings. The van der Waals surface area contributed by atoms with Gasteiger partial charge < -0.3 is 10.1 Å². The lowest BCUT2D eigenvalue weighted by Crippen LogP contribution is -2.33. The average Bonchev–Trinajstić information content (AvgIpc) is 2.79. The highest BCUT2D eigenvalue weighted by Gasteiger charge is 2.20. The molecule has 1 aromatic carbocycles. The molecule has 7 heteroatoms. The average molecular weight is 425 g/mol. The summed E-state index contributed by atoms with van der Waals surface area (Å²) in [6.07, 6.45) is 4.16. The van der Waals surface area contributed by atoms with Crippen molar-refractivity contribution < 1.29 is 4.74 Å². The Kier molecular flexibility index (Phi) is 6.69. The van der Waals surface area contributed by atoms with E-state index < -0.39 is 0 Å². The monoisotopic (exact) mass is 424 g/mol. The van der Waals surface area contributed by atoms with Crippen molar-refractivity contribution in [3.8, 4) is 11.4 Å². The lowest BCUT2D eigenvalue weighted by molar-refractivity contribution is 0.340. The maximum Gasteiger partial charge on any atom is 0.267 e. The summed E-state index contributed by atoms with van der Waals surface area (Å²) >= 11 is 2.03. The number of rotatable bonds is 7. The zero-order chi connectivity index (χ0) is 20.9. The fourth-order valence-corrected chi connectivity index (χ4v) is 5.02. The predicted molar refractivity (Wildman–Crippen MR) is 123 cm³/mol. The number of hydrogen-bond donors (Lipinski definition) is 1. The van der Waals surface area contributed by atoms with Crippen molar-refractivity contribution in [1.29, 1.82) is 0 Å². The molecule has 30 heavy (non-hydrogen) atoms. The first-order valence-corrected chi connectivity index (χ1v) is 11.7. The molecule has 0 aliphatic carbocycles. The summed E-state index contributed by atoms with van der Waals surface area (Å²) in [6, 6.07) is 11.1. The number of nitrogens with one attached hydrogen (secondary N) is 1. The largest absolute Gasteiger partial charge is 0.494 e. The standard InChI is InChI=1S/C23H28N4O2S/c1-3-29-19-8-6-18(7-9-19)27-22(16(2)25-15-17-10-13-30-14-11-17)26-21-20(23(27)28)5-4-12-24-21/h4-9,12,16-17,25H,3,10-11,13-15H2,1-2H3. The van der Waals surface area contributed by atoms with Crippen molar-refractivity contribution in [2.75, 3.05) is 24.7 Å². The van der Waals surface area contributed by atoms with Crippen LogP contribution in [0.5, 0.6) is 5.75 Å². The molecule has 4 rings (SSSR count). The molecule has 1 saturated heterocycles. The van der Waals surface area contributed by atoms with Crippen LogP contribution in [0.4, 0.5) is 0 Å². The number of hydrogen-bond acceptors (Lipinski definition) is 6. The topological polar surface area (TPSA) is 69.0 Å². The fourth-order valence-electron chi connectivity index (χ4n) is 3.82. The van der Waals surface area contributed by atoms with Gasteiger partial charge in [-0.25, -0.2) is 9.97 Å². The van der Waals surface area contributed by atoms with Crippen molar-refractivity contribution >= 4 is 22.8 Å². The first kappa shape index (κ1) is 20.9. The first-order valence-electron chi connectivity index (χ1n) is 10.6. The second kappa shape index (κ2) is 9.62. The summed E-state index contributed by atoms with van der Waals surface area (Å²) in [4.78, 5) is 22.5. The molecule has 158 valence electrons. The zero-order valence-electron chi connectivity index (χ0n) is 17.5. The molecular formula is C23H28N4O2S. The van der Waals surface area contributed by atoms with Gasteiger partial charge in [0.25, 0.3) is 5.56 Å². The highest BCUT2D eigenvalue weighted by Crippen LogP contribution is 2.24. The smallest absolute Gasteiger partial charge is 0.267 e. The highest BCUT2D eigenvalue weighted by molar-refractivity contribution is 7.99. The molecule has 1 unspecified atom stereocenters. The van der Waals surface area contributed by atoms with Gasteiger partial charge in [-0.05, 0) is 87.1 Å². The second-order valence-corrected chi connectivity index (χ2v) is 8.82. The SMILES string of the molecule is CCOc1ccc(-n2c(C(C)NCC3CCSCC3)nc3ncccc3c2=O)cc1. The van der Waals surface area contributed by atoms with Crippen molar-refractivity contribution in [3.63, 3.8) is 0 Å². The molecule has 0 amide bonds. The van der Waals surface area contributed by atoms with Crippen LogP contribution in [0.2, 0.25) is 0 Å². The van der Waals surface area contributed by atoms with E-state index >= 15 is 0 Å². The molecule has 1 N–H and O–H groups in total. The summed E-state index contributed by atoms with van der Waals surface area (Å²) in [5.41, 5.74) is 1.16. The molecular weight excluding hydrogens is 396 g/mol. The van der Waals surface area contributed by atoms with Gasteiger partial charge in [-0.1, -0.05) is 0 Å². The number of benzene rings is 1. The summed E-state index contributed by atoms with van der Waals surface area (Å²) in [6.45, 7) is 5.56. The maximum absolute atomic E-state index is 13.4. The Bertz CT molecular complexity index is 1050. The van der Waals surface area contributed by atoms with E-state index in [1.807, 2.05) is 43.0 Å². The Morgan fingerprint density at radius 2 is 2.00 bits per heavy atom. The Hall–Kier alpha value is -2.38. The summed E-state index contributed by atoms with van der Waals surface area (Å²) < 4.78 is 7.26. The number of fused-ring (bicyclic) bond motifs is 1. The molecule has 0 saturated carbocycles. The Morgan fingerprint density at radius 3 is 2.73 bits per heavy atom. The molecule has 0 bridgehead atoms. The van der Waals surface area contributed by atoms with Crippen LogP contribution in [0.25, 0.3) is 16.7 Å². The van der Waals surface area contributed by atoms with E-state index in [2.05, 4.69) is 17.2 Å². The van der Waals surface area contributed by atoms with Crippen LogP contribution < -0.4 is 15.6 Å². The van der Waals surface area contributed by atoms with E-state index in [-0.39, 0.29) is 11.6 Å². The van der Waals surface area contributed by atoms with E-state index in [0.29, 0.717) is 29.4 Å². The molecule has 6 nitrogen and oxygen atoms in total. The molecule has 3 heterocycles. The zero-order valence-corrected chi connectivity index (χ0v) is 18.3. The Balaban J connectivity index is 1.71. The van der Waals surface area contributed by atoms with Crippen LogP contribution in [-0.4, -0.2) is 39.2 Å². The predicted octanol–water partition coefficient (Wildman–Crippen LogP) is 3.97. The van der Waals surface area contributed by atoms with Crippen molar-refractivity contribution in [2.24, 2.45) is 5.92 Å². The van der Waals surface area contributed by atoms with Gasteiger partial charge in [-0.3, -0.25) is 9.36 Å². The number of ether oxygens (including phenoxy) is 1. The molecule has 1 aliphatic heterocycles. The van der Waals surface area contributed by atoms with Crippen LogP contribution in [0.3, 0.4) is 0 Å². The number of pyridine rings is 1. The maximum atomic E-state index is 13.4. The van der Waals surface area contributed by atoms with Crippen molar-refractivity contribution in [2.45, 2.75) is 32.7 Å². The lowest BCUT2D eigenvalue weighted by atomic mass is 10.0. The Morgan fingerprint density at radius 1 is 1.23 bits per heavy atom. The van der Waals surface area contributed by atoms with Gasteiger partial charge in [0.1, 0.15) is 11.6 Å². The fraction of sp³-hybridized carbons (Fsp3) is 0.435. The molecule has 1 aliphatic rings. The normalized spacial score (nSPS) is 15.9. The van der Waals surface area contributed by atoms with Crippen LogP contribution in [0.15, 0.2) is 47.4 Å². The Labute approximate surface area is 181 Å². The van der Waals surface area contributed by atoms with Crippen LogP contribution in [0, 0.1) is 5.92 Å². The van der Waals surface area contributed by atoms with E-state index in [4.69, 9.17) is 9.72 Å². The molecule has 0 spiro atoms. The van der Waals surface area contributed by atoms with Crippen molar-refractivity contribution in [3.05, 3.63) is 58.8 Å². The van der Waals surface area contributed by atoms with E-state index in [0.717, 1.165) is 18.0 Å². The first-order chi connectivity index (χ1) is 14.7. The van der Waals surface area contributed by atoms with Crippen molar-refractivity contribution in [1.82, 2.24) is 19.9 Å². The van der Waals surface area contributed by atoms with Gasteiger partial charge in [-0.15, -0.1) is 0 Å². The summed E-state index contributed by atoms with van der Waals surface area (Å²) in [7, 11) is 0. The number of thioether (sulfide) groups is 1. The van der Waals surface area contributed by atoms with E-state index in [1.54, 1.807) is 22.9 Å². The minimum atomic E-state index is -0.102.